The third-order valence-electron chi connectivity index (χ3n) is 3.93. The van der Waals surface area contributed by atoms with Crippen LogP contribution in [0.15, 0.2) is 85.1 Å². The van der Waals surface area contributed by atoms with Crippen molar-refractivity contribution in [3.05, 3.63) is 85.1 Å². The van der Waals surface area contributed by atoms with Crippen molar-refractivity contribution in [3.8, 4) is 0 Å². The Morgan fingerprint density at radius 2 is 1.24 bits per heavy atom. The normalized spacial score (nSPS) is 15.3. The van der Waals surface area contributed by atoms with Gasteiger partial charge in [-0.2, -0.15) is 0 Å². The molecular weight excluding hydrogens is 358 g/mol. The van der Waals surface area contributed by atoms with Gasteiger partial charge >= 0.3 is 0 Å². The quantitative estimate of drug-likeness (QED) is 0.198. The number of carbonyl (C=O) groups excluding carboxylic acids is 1. The van der Waals surface area contributed by atoms with E-state index in [2.05, 4.69) is 42.6 Å². The summed E-state index contributed by atoms with van der Waals surface area (Å²) in [5, 5.41) is 12.7. The second-order valence-corrected chi connectivity index (χ2v) is 7.13. The molecule has 0 fully saturated rings. The molecule has 0 saturated heterocycles. The van der Waals surface area contributed by atoms with Crippen molar-refractivity contribution in [1.29, 1.82) is 0 Å². The molecule has 1 atom stereocenters. The minimum atomic E-state index is -0.844. The molecular formula is C26H39NO2. The van der Waals surface area contributed by atoms with Gasteiger partial charge in [0.25, 0.3) is 0 Å². The van der Waals surface area contributed by atoms with E-state index in [1.807, 2.05) is 49.5 Å². The van der Waals surface area contributed by atoms with E-state index >= 15 is 0 Å². The van der Waals surface area contributed by atoms with E-state index in [4.69, 9.17) is 0 Å². The molecule has 0 radical (unpaired) electrons. The summed E-state index contributed by atoms with van der Waals surface area (Å²) in [5.41, 5.74) is -0.844. The molecule has 0 aliphatic carbocycles. The maximum Gasteiger partial charge on any atom is 0.244 e. The van der Waals surface area contributed by atoms with Crippen molar-refractivity contribution < 1.29 is 9.90 Å². The van der Waals surface area contributed by atoms with E-state index in [-0.39, 0.29) is 12.5 Å². The average molecular weight is 398 g/mol. The number of hydrogen-bond acceptors (Lipinski definition) is 2. The number of amides is 1. The Morgan fingerprint density at radius 3 is 1.76 bits per heavy atom. The van der Waals surface area contributed by atoms with Crippen LogP contribution in [0.3, 0.4) is 0 Å². The second kappa shape index (κ2) is 18.9. The highest BCUT2D eigenvalue weighted by Crippen LogP contribution is 2.09. The summed E-state index contributed by atoms with van der Waals surface area (Å²) >= 11 is 0. The lowest BCUT2D eigenvalue weighted by molar-refractivity contribution is -0.117. The molecule has 0 bridgehead atoms. The zero-order valence-corrected chi connectivity index (χ0v) is 18.4. The summed E-state index contributed by atoms with van der Waals surface area (Å²) in [6.45, 7) is 6.18. The summed E-state index contributed by atoms with van der Waals surface area (Å²) < 4.78 is 0. The second-order valence-electron chi connectivity index (χ2n) is 7.13. The lowest BCUT2D eigenvalue weighted by atomic mass is 10.0. The van der Waals surface area contributed by atoms with Crippen LogP contribution in [0.1, 0.15) is 59.3 Å². The Balaban J connectivity index is 3.87. The maximum atomic E-state index is 11.7. The number of nitrogens with one attached hydrogen (secondary N) is 1. The minimum Gasteiger partial charge on any atom is -0.388 e. The molecule has 0 heterocycles. The van der Waals surface area contributed by atoms with Crippen molar-refractivity contribution in [3.63, 3.8) is 0 Å². The molecule has 0 saturated carbocycles. The first-order valence-electron chi connectivity index (χ1n) is 10.7. The molecule has 1 unspecified atom stereocenters. The average Bonchev–Trinajstić information content (AvgIpc) is 2.69. The van der Waals surface area contributed by atoms with Crippen molar-refractivity contribution in [2.24, 2.45) is 0 Å². The van der Waals surface area contributed by atoms with Gasteiger partial charge in [-0.3, -0.25) is 4.79 Å². The van der Waals surface area contributed by atoms with Gasteiger partial charge in [-0.1, -0.05) is 106 Å². The Morgan fingerprint density at radius 1 is 0.759 bits per heavy atom. The van der Waals surface area contributed by atoms with Crippen LogP contribution in [0.5, 0.6) is 0 Å². The zero-order chi connectivity index (χ0) is 21.6. The monoisotopic (exact) mass is 397 g/mol. The minimum absolute atomic E-state index is 0.194. The molecule has 0 aromatic carbocycles. The van der Waals surface area contributed by atoms with Gasteiger partial charge in [0.2, 0.25) is 5.91 Å². The molecule has 1 amide bonds. The van der Waals surface area contributed by atoms with Gasteiger partial charge in [0.1, 0.15) is 0 Å². The van der Waals surface area contributed by atoms with Gasteiger partial charge in [-0.25, -0.2) is 0 Å². The number of carbonyl (C=O) groups is 1. The number of unbranched alkanes of at least 4 members (excludes halogenated alkanes) is 2. The molecule has 29 heavy (non-hydrogen) atoms. The molecule has 160 valence electrons. The van der Waals surface area contributed by atoms with Gasteiger partial charge in [0.15, 0.2) is 0 Å². The highest BCUT2D eigenvalue weighted by molar-refractivity contribution is 5.87. The Bertz CT molecular complexity index is 617. The van der Waals surface area contributed by atoms with Crippen LogP contribution in [-0.4, -0.2) is 23.2 Å². The van der Waals surface area contributed by atoms with Crippen molar-refractivity contribution in [1.82, 2.24) is 5.32 Å². The third kappa shape index (κ3) is 20.2. The van der Waals surface area contributed by atoms with Crippen LogP contribution in [0.2, 0.25) is 0 Å². The molecule has 0 aromatic rings. The van der Waals surface area contributed by atoms with Crippen LogP contribution in [0, 0.1) is 0 Å². The van der Waals surface area contributed by atoms with E-state index in [0.717, 1.165) is 25.7 Å². The summed E-state index contributed by atoms with van der Waals surface area (Å²) in [6.07, 6.45) is 33.4. The van der Waals surface area contributed by atoms with E-state index in [9.17, 15) is 9.90 Å². The zero-order valence-electron chi connectivity index (χ0n) is 18.4. The predicted octanol–water partition coefficient (Wildman–Crippen LogP) is 6.13. The van der Waals surface area contributed by atoms with Gasteiger partial charge < -0.3 is 10.4 Å². The van der Waals surface area contributed by atoms with Gasteiger partial charge in [0.05, 0.1) is 5.60 Å². The van der Waals surface area contributed by atoms with Crippen molar-refractivity contribution in [2.75, 3.05) is 6.54 Å². The van der Waals surface area contributed by atoms with Crippen LogP contribution >= 0.6 is 0 Å². The highest BCUT2D eigenvalue weighted by Gasteiger charge is 2.18. The van der Waals surface area contributed by atoms with Crippen molar-refractivity contribution >= 4 is 5.91 Å². The Kier molecular flexibility index (Phi) is 17.4. The first-order chi connectivity index (χ1) is 14.0. The molecule has 0 aliphatic heterocycles. The van der Waals surface area contributed by atoms with E-state index in [0.29, 0.717) is 6.42 Å². The topological polar surface area (TPSA) is 49.3 Å². The van der Waals surface area contributed by atoms with Gasteiger partial charge in [-0.05, 0) is 32.6 Å². The fourth-order valence-electron chi connectivity index (χ4n) is 2.37. The molecule has 3 nitrogen and oxygen atoms in total. The van der Waals surface area contributed by atoms with Crippen molar-refractivity contribution in [2.45, 2.75) is 64.9 Å². The summed E-state index contributed by atoms with van der Waals surface area (Å²) in [6, 6.07) is 0. The fraction of sp³-hybridized carbons (Fsp3) is 0.423. The van der Waals surface area contributed by atoms with Crippen LogP contribution in [-0.2, 0) is 4.79 Å². The Labute approximate surface area is 178 Å². The predicted molar refractivity (Wildman–Crippen MR) is 127 cm³/mol. The molecule has 2 N–H and O–H groups in total. The number of rotatable bonds is 15. The smallest absolute Gasteiger partial charge is 0.244 e. The maximum absolute atomic E-state index is 11.7. The SMILES string of the molecule is CCCC=CC=CC=CC=CCCC=CC=CC=CC(=O)NCC(C)(O)CCC. The number of aliphatic hydroxyl groups is 1. The Hall–Kier alpha value is -2.39. The lowest BCUT2D eigenvalue weighted by Crippen LogP contribution is -2.39. The van der Waals surface area contributed by atoms with Gasteiger partial charge in [0, 0.05) is 12.6 Å². The largest absolute Gasteiger partial charge is 0.388 e. The first-order valence-corrected chi connectivity index (χ1v) is 10.7. The summed E-state index contributed by atoms with van der Waals surface area (Å²) in [7, 11) is 0. The first kappa shape index (κ1) is 26.6. The highest BCUT2D eigenvalue weighted by atomic mass is 16.3. The molecule has 0 rings (SSSR count). The van der Waals surface area contributed by atoms with Crippen LogP contribution in [0.4, 0.5) is 0 Å². The van der Waals surface area contributed by atoms with E-state index in [1.165, 1.54) is 12.5 Å². The van der Waals surface area contributed by atoms with E-state index in [1.54, 1.807) is 13.0 Å². The summed E-state index contributed by atoms with van der Waals surface area (Å²) in [5.74, 6) is -0.194. The number of hydrogen-bond donors (Lipinski definition) is 2. The van der Waals surface area contributed by atoms with Crippen LogP contribution in [0.25, 0.3) is 0 Å². The number of allylic oxidation sites excluding steroid dienone is 13. The lowest BCUT2D eigenvalue weighted by Gasteiger charge is -2.22. The molecule has 0 aliphatic rings. The molecule has 0 spiro atoms. The molecule has 0 aromatic heterocycles. The van der Waals surface area contributed by atoms with Gasteiger partial charge in [-0.15, -0.1) is 0 Å². The fourth-order valence-corrected chi connectivity index (χ4v) is 2.37. The molecule has 3 heteroatoms. The summed E-state index contributed by atoms with van der Waals surface area (Å²) in [4.78, 5) is 11.7. The van der Waals surface area contributed by atoms with E-state index < -0.39 is 5.60 Å². The van der Waals surface area contributed by atoms with Crippen LogP contribution < -0.4 is 5.32 Å². The standard InChI is InChI=1S/C26H39NO2/c1-4-6-7-8-9-10-11-12-13-14-15-16-17-18-19-20-21-22-25(28)27-24-26(3,29)23-5-2/h7-14,17-22,29H,4-6,15-16,23-24H2,1-3H3,(H,27,28). The third-order valence-corrected chi connectivity index (χ3v) is 3.93.